The molecule has 9 nitrogen and oxygen atoms in total. The highest BCUT2D eigenvalue weighted by Crippen LogP contribution is 2.23. The molecule has 1 atom stereocenters. The molecule has 0 bridgehead atoms. The van der Waals surface area contributed by atoms with E-state index in [2.05, 4.69) is 10.9 Å². The van der Waals surface area contributed by atoms with Gasteiger partial charge in [0.2, 0.25) is 15.9 Å². The molecule has 4 rings (SSSR count). The summed E-state index contributed by atoms with van der Waals surface area (Å²) in [5.41, 5.74) is 7.17. The van der Waals surface area contributed by atoms with Crippen molar-refractivity contribution >= 4 is 33.4 Å². The van der Waals surface area contributed by atoms with Gasteiger partial charge in [-0.25, -0.2) is 23.1 Å². The summed E-state index contributed by atoms with van der Waals surface area (Å²) in [6.45, 7) is 1.98. The average molecular weight is 525 g/mol. The maximum atomic E-state index is 13.2. The zero-order valence-electron chi connectivity index (χ0n) is 20.1. The third-order valence-electron chi connectivity index (χ3n) is 5.94. The first kappa shape index (κ1) is 26.1. The van der Waals surface area contributed by atoms with Crippen molar-refractivity contribution in [3.05, 3.63) is 95.3 Å². The number of amides is 3. The topological polar surface area (TPSA) is 116 Å². The number of hydrogen-bond acceptors (Lipinski definition) is 6. The first-order valence-electron chi connectivity index (χ1n) is 11.4. The van der Waals surface area contributed by atoms with Crippen LogP contribution in [0.5, 0.6) is 0 Å². The molecule has 1 saturated heterocycles. The van der Waals surface area contributed by atoms with Crippen molar-refractivity contribution in [3.63, 3.8) is 0 Å². The fourth-order valence-electron chi connectivity index (χ4n) is 3.82. The first-order chi connectivity index (χ1) is 17.6. The van der Waals surface area contributed by atoms with Crippen molar-refractivity contribution in [2.45, 2.75) is 30.8 Å². The Balaban J connectivity index is 1.34. The van der Waals surface area contributed by atoms with E-state index in [1.807, 2.05) is 6.92 Å². The van der Waals surface area contributed by atoms with E-state index in [-0.39, 0.29) is 29.1 Å². The summed E-state index contributed by atoms with van der Waals surface area (Å²) >= 11 is 0. The molecule has 1 aliphatic rings. The minimum absolute atomic E-state index is 0.105. The highest BCUT2D eigenvalue weighted by Gasteiger charge is 2.39. The van der Waals surface area contributed by atoms with Gasteiger partial charge in [-0.1, -0.05) is 29.8 Å². The van der Waals surface area contributed by atoms with Crippen LogP contribution in [0, 0.1) is 12.7 Å². The van der Waals surface area contributed by atoms with Crippen molar-refractivity contribution in [2.24, 2.45) is 0 Å². The molecular formula is C26H25FN4O5S. The van der Waals surface area contributed by atoms with Crippen LogP contribution in [0.1, 0.15) is 27.9 Å². The van der Waals surface area contributed by atoms with Gasteiger partial charge in [-0.2, -0.15) is 4.31 Å². The van der Waals surface area contributed by atoms with Crippen LogP contribution in [0.25, 0.3) is 0 Å². The van der Waals surface area contributed by atoms with Crippen LogP contribution < -0.4 is 15.8 Å². The number of halogens is 1. The molecule has 192 valence electrons. The summed E-state index contributed by atoms with van der Waals surface area (Å²) in [7, 11) is -2.19. The maximum Gasteiger partial charge on any atom is 0.265 e. The third-order valence-corrected chi connectivity index (χ3v) is 7.76. The van der Waals surface area contributed by atoms with E-state index in [1.54, 1.807) is 36.4 Å². The second kappa shape index (κ2) is 10.6. The molecule has 0 aromatic heterocycles. The van der Waals surface area contributed by atoms with Gasteiger partial charge in [0.15, 0.2) is 0 Å². The number of aryl methyl sites for hydroxylation is 1. The lowest BCUT2D eigenvalue weighted by molar-refractivity contribution is -0.121. The largest absolute Gasteiger partial charge is 0.287 e. The van der Waals surface area contributed by atoms with E-state index >= 15 is 0 Å². The number of hydrazine groups is 1. The van der Waals surface area contributed by atoms with Crippen LogP contribution >= 0.6 is 0 Å². The summed E-state index contributed by atoms with van der Waals surface area (Å²) < 4.78 is 40.0. The minimum atomic E-state index is -3.67. The number of carbonyl (C=O) groups is 3. The summed E-state index contributed by atoms with van der Waals surface area (Å²) in [4.78, 5) is 38.6. The highest BCUT2D eigenvalue weighted by atomic mass is 32.2. The zero-order valence-corrected chi connectivity index (χ0v) is 21.0. The van der Waals surface area contributed by atoms with Crippen LogP contribution in [0.3, 0.4) is 0 Å². The summed E-state index contributed by atoms with van der Waals surface area (Å²) in [6.07, 6.45) is -0.169. The van der Waals surface area contributed by atoms with Crippen molar-refractivity contribution in [1.29, 1.82) is 0 Å². The van der Waals surface area contributed by atoms with E-state index in [1.165, 1.54) is 35.6 Å². The number of rotatable bonds is 8. The molecule has 0 radical (unpaired) electrons. The predicted octanol–water partition coefficient (Wildman–Crippen LogP) is 2.52. The molecule has 11 heteroatoms. The number of hydrogen-bond donors (Lipinski definition) is 2. The van der Waals surface area contributed by atoms with Gasteiger partial charge in [0.25, 0.3) is 11.8 Å². The number of carbonyl (C=O) groups excluding carboxylic acids is 3. The standard InChI is InChI=1S/C26H25FN4O5S/c1-17-3-13-22(14-4-17)37(35,36)30(2)16-18-5-7-19(8-6-18)25(33)29-28-23-15-24(32)31(26(23)34)21-11-9-20(27)10-12-21/h3-14,23,28H,15-16H2,1-2H3,(H,29,33)/t23-/m0/s1. The van der Waals surface area contributed by atoms with Gasteiger partial charge < -0.3 is 0 Å². The highest BCUT2D eigenvalue weighted by molar-refractivity contribution is 7.89. The van der Waals surface area contributed by atoms with Gasteiger partial charge in [-0.15, -0.1) is 0 Å². The molecule has 2 N–H and O–H groups in total. The molecule has 1 aliphatic heterocycles. The SMILES string of the molecule is Cc1ccc(S(=O)(=O)N(C)Cc2ccc(C(=O)NN[C@H]3CC(=O)N(c4ccc(F)cc4)C3=O)cc2)cc1. The molecule has 0 aliphatic carbocycles. The molecule has 0 unspecified atom stereocenters. The molecular weight excluding hydrogens is 499 g/mol. The predicted molar refractivity (Wildman–Crippen MR) is 134 cm³/mol. The van der Waals surface area contributed by atoms with E-state index in [4.69, 9.17) is 0 Å². The lowest BCUT2D eigenvalue weighted by Gasteiger charge is -2.18. The van der Waals surface area contributed by atoms with Gasteiger partial charge in [0.1, 0.15) is 11.9 Å². The second-order valence-electron chi connectivity index (χ2n) is 8.67. The molecule has 0 saturated carbocycles. The smallest absolute Gasteiger partial charge is 0.265 e. The van der Waals surface area contributed by atoms with Crippen LogP contribution in [0.2, 0.25) is 0 Å². The normalized spacial score (nSPS) is 15.9. The molecule has 3 amide bonds. The van der Waals surface area contributed by atoms with Crippen molar-refractivity contribution in [3.8, 4) is 0 Å². The van der Waals surface area contributed by atoms with Crippen LogP contribution in [0.4, 0.5) is 10.1 Å². The number of nitrogens with zero attached hydrogens (tertiary/aromatic N) is 2. The molecule has 0 spiro atoms. The Bertz CT molecular complexity index is 1430. The quantitative estimate of drug-likeness (QED) is 0.346. The Morgan fingerprint density at radius 2 is 1.62 bits per heavy atom. The number of nitrogens with one attached hydrogen (secondary N) is 2. The monoisotopic (exact) mass is 524 g/mol. The van der Waals surface area contributed by atoms with Crippen LogP contribution in [-0.4, -0.2) is 43.5 Å². The van der Waals surface area contributed by atoms with Crippen LogP contribution in [0.15, 0.2) is 77.7 Å². The lowest BCUT2D eigenvalue weighted by atomic mass is 10.1. The number of anilines is 1. The summed E-state index contributed by atoms with van der Waals surface area (Å²) in [5.74, 6) is -2.06. The van der Waals surface area contributed by atoms with E-state index in [9.17, 15) is 27.2 Å². The maximum absolute atomic E-state index is 13.2. The number of benzene rings is 3. The average Bonchev–Trinajstić information content (AvgIpc) is 3.16. The van der Waals surface area contributed by atoms with Gasteiger partial charge in [-0.3, -0.25) is 19.8 Å². The summed E-state index contributed by atoms with van der Waals surface area (Å²) in [6, 6.07) is 16.9. The number of imide groups is 1. The molecule has 3 aromatic rings. The Morgan fingerprint density at radius 1 is 1.00 bits per heavy atom. The number of sulfonamides is 1. The Hall–Kier alpha value is -3.93. The van der Waals surface area contributed by atoms with E-state index in [0.29, 0.717) is 5.56 Å². The van der Waals surface area contributed by atoms with Crippen LogP contribution in [-0.2, 0) is 26.2 Å². The molecule has 37 heavy (non-hydrogen) atoms. The Morgan fingerprint density at radius 3 is 2.24 bits per heavy atom. The summed E-state index contributed by atoms with van der Waals surface area (Å²) in [5, 5.41) is 0. The zero-order chi connectivity index (χ0) is 26.7. The lowest BCUT2D eigenvalue weighted by Crippen LogP contribution is -2.48. The van der Waals surface area contributed by atoms with Gasteiger partial charge in [0, 0.05) is 19.2 Å². The fraction of sp³-hybridized carbons (Fsp3) is 0.192. The van der Waals surface area contributed by atoms with E-state index < -0.39 is 39.6 Å². The minimum Gasteiger partial charge on any atom is -0.287 e. The molecule has 3 aromatic carbocycles. The molecule has 1 fully saturated rings. The Kier molecular flexibility index (Phi) is 7.48. The fourth-order valence-corrected chi connectivity index (χ4v) is 4.98. The van der Waals surface area contributed by atoms with Gasteiger partial charge >= 0.3 is 0 Å². The van der Waals surface area contributed by atoms with Crippen molar-refractivity contribution in [2.75, 3.05) is 11.9 Å². The van der Waals surface area contributed by atoms with Crippen molar-refractivity contribution in [1.82, 2.24) is 15.2 Å². The van der Waals surface area contributed by atoms with Crippen molar-refractivity contribution < 1.29 is 27.2 Å². The second-order valence-corrected chi connectivity index (χ2v) is 10.7. The van der Waals surface area contributed by atoms with Gasteiger partial charge in [0.05, 0.1) is 17.0 Å². The molecule has 1 heterocycles. The first-order valence-corrected chi connectivity index (χ1v) is 12.8. The third kappa shape index (κ3) is 5.74. The van der Waals surface area contributed by atoms with E-state index in [0.717, 1.165) is 22.6 Å². The Labute approximate surface area is 213 Å². The van der Waals surface area contributed by atoms with Gasteiger partial charge in [-0.05, 0) is 61.0 Å².